The minimum Gasteiger partial charge on any atom is -0.481 e. The van der Waals surface area contributed by atoms with Crippen LogP contribution < -0.4 is 10.6 Å². The summed E-state index contributed by atoms with van der Waals surface area (Å²) in [5.74, 6) is -2.13. The molecule has 1 aliphatic heterocycles. The second kappa shape index (κ2) is 12.1. The Bertz CT molecular complexity index is 511. The van der Waals surface area contributed by atoms with E-state index in [-0.39, 0.29) is 25.2 Å². The Morgan fingerprint density at radius 1 is 1.12 bits per heavy atom. The van der Waals surface area contributed by atoms with Gasteiger partial charge in [0, 0.05) is 23.8 Å². The van der Waals surface area contributed by atoms with E-state index in [4.69, 9.17) is 10.2 Å². The van der Waals surface area contributed by atoms with E-state index >= 15 is 0 Å². The molecule has 10 heteroatoms. The van der Waals surface area contributed by atoms with Crippen LogP contribution in [0.15, 0.2) is 0 Å². The molecule has 3 atom stereocenters. The van der Waals surface area contributed by atoms with E-state index in [1.807, 2.05) is 21.6 Å². The molecule has 1 fully saturated rings. The van der Waals surface area contributed by atoms with E-state index in [1.54, 1.807) is 0 Å². The van der Waals surface area contributed by atoms with Crippen molar-refractivity contribution in [2.24, 2.45) is 0 Å². The number of amides is 2. The molecule has 2 amide bonds. The number of carboxylic acid groups (broad SMARTS) is 2. The second-order valence-electron chi connectivity index (χ2n) is 6.20. The summed E-state index contributed by atoms with van der Waals surface area (Å²) >= 11 is 0. The number of hydrogen-bond donors (Lipinski definition) is 4. The first-order chi connectivity index (χ1) is 12.3. The van der Waals surface area contributed by atoms with Crippen LogP contribution in [0.25, 0.3) is 0 Å². The number of carbonyl (C=O) groups is 4. The van der Waals surface area contributed by atoms with Gasteiger partial charge < -0.3 is 20.8 Å². The summed E-state index contributed by atoms with van der Waals surface area (Å²) in [5.41, 5.74) is 0. The third-order valence-electron chi connectivity index (χ3n) is 3.93. The van der Waals surface area contributed by atoms with Crippen LogP contribution in [0.1, 0.15) is 51.9 Å². The second-order valence-corrected chi connectivity index (χ2v) is 8.98. The van der Waals surface area contributed by atoms with Gasteiger partial charge >= 0.3 is 11.9 Å². The first-order valence-electron chi connectivity index (χ1n) is 8.62. The summed E-state index contributed by atoms with van der Waals surface area (Å²) in [4.78, 5) is 45.7. The first kappa shape index (κ1) is 22.6. The highest BCUT2D eigenvalue weighted by molar-refractivity contribution is 8.77. The molecule has 148 valence electrons. The van der Waals surface area contributed by atoms with Crippen molar-refractivity contribution >= 4 is 45.3 Å². The average molecular weight is 407 g/mol. The predicted octanol–water partition coefficient (Wildman–Crippen LogP) is 1.64. The van der Waals surface area contributed by atoms with Gasteiger partial charge in [-0.2, -0.15) is 0 Å². The topological polar surface area (TPSA) is 133 Å². The third-order valence-corrected chi connectivity index (χ3v) is 6.94. The lowest BCUT2D eigenvalue weighted by atomic mass is 10.1. The first-order valence-corrected chi connectivity index (χ1v) is 11.0. The standard InChI is InChI=1S/C16H26N2O6S2/c1-10(16(23)24)17-15(22)12(6-7-14(20)21)18-13(19)5-3-2-4-11-8-9-25-26-11/h10-12H,2-9H2,1H3,(H,17,22)(H,18,19)(H,20,21)(H,23,24). The van der Waals surface area contributed by atoms with E-state index in [2.05, 4.69) is 10.6 Å². The van der Waals surface area contributed by atoms with Gasteiger partial charge in [-0.3, -0.25) is 19.2 Å². The fourth-order valence-electron chi connectivity index (χ4n) is 2.40. The molecule has 0 aromatic heterocycles. The van der Waals surface area contributed by atoms with Crippen LogP contribution in [0.3, 0.4) is 0 Å². The summed E-state index contributed by atoms with van der Waals surface area (Å²) in [6.45, 7) is 1.30. The number of rotatable bonds is 12. The van der Waals surface area contributed by atoms with Crippen LogP contribution in [-0.4, -0.2) is 57.1 Å². The largest absolute Gasteiger partial charge is 0.481 e. The van der Waals surface area contributed by atoms with Crippen LogP contribution >= 0.6 is 21.6 Å². The number of carboxylic acids is 2. The number of carbonyl (C=O) groups excluding carboxylic acids is 2. The molecule has 1 rings (SSSR count). The molecule has 1 heterocycles. The summed E-state index contributed by atoms with van der Waals surface area (Å²) in [7, 11) is 3.77. The molecule has 0 radical (unpaired) electrons. The van der Waals surface area contributed by atoms with Gasteiger partial charge in [0.1, 0.15) is 12.1 Å². The number of aliphatic carboxylic acids is 2. The Labute approximate surface area is 160 Å². The molecule has 0 aliphatic carbocycles. The highest BCUT2D eigenvalue weighted by Crippen LogP contribution is 2.39. The van der Waals surface area contributed by atoms with Crippen molar-refractivity contribution in [1.29, 1.82) is 0 Å². The molecule has 1 aliphatic rings. The maximum absolute atomic E-state index is 12.1. The molecule has 0 aromatic rings. The number of unbranched alkanes of at least 4 members (excludes halogenated alkanes) is 1. The molecule has 1 saturated heterocycles. The Morgan fingerprint density at radius 3 is 2.42 bits per heavy atom. The van der Waals surface area contributed by atoms with Crippen molar-refractivity contribution in [1.82, 2.24) is 10.6 Å². The highest BCUT2D eigenvalue weighted by atomic mass is 33.1. The molecular formula is C16H26N2O6S2. The Hall–Kier alpha value is -1.42. The lowest BCUT2D eigenvalue weighted by Gasteiger charge is -2.19. The maximum Gasteiger partial charge on any atom is 0.325 e. The van der Waals surface area contributed by atoms with Crippen molar-refractivity contribution in [3.63, 3.8) is 0 Å². The minimum atomic E-state index is -1.20. The van der Waals surface area contributed by atoms with Crippen molar-refractivity contribution in [2.75, 3.05) is 5.75 Å². The van der Waals surface area contributed by atoms with Gasteiger partial charge in [0.25, 0.3) is 0 Å². The average Bonchev–Trinajstić information content (AvgIpc) is 3.08. The quantitative estimate of drug-likeness (QED) is 0.284. The Balaban J connectivity index is 2.41. The molecular weight excluding hydrogens is 380 g/mol. The van der Waals surface area contributed by atoms with Crippen molar-refractivity contribution < 1.29 is 29.4 Å². The smallest absolute Gasteiger partial charge is 0.325 e. The predicted molar refractivity (Wildman–Crippen MR) is 101 cm³/mol. The fourth-order valence-corrected chi connectivity index (χ4v) is 5.43. The monoisotopic (exact) mass is 406 g/mol. The van der Waals surface area contributed by atoms with E-state index < -0.39 is 29.9 Å². The molecule has 3 unspecified atom stereocenters. The number of nitrogens with one attached hydrogen (secondary N) is 2. The molecule has 26 heavy (non-hydrogen) atoms. The molecule has 0 spiro atoms. The van der Waals surface area contributed by atoms with Crippen molar-refractivity contribution in [3.8, 4) is 0 Å². The van der Waals surface area contributed by atoms with Gasteiger partial charge in [0.2, 0.25) is 11.8 Å². The maximum atomic E-state index is 12.1. The highest BCUT2D eigenvalue weighted by Gasteiger charge is 2.24. The third kappa shape index (κ3) is 9.33. The van der Waals surface area contributed by atoms with Crippen LogP contribution in [-0.2, 0) is 19.2 Å². The molecule has 0 bridgehead atoms. The van der Waals surface area contributed by atoms with E-state index in [0.29, 0.717) is 11.7 Å². The lowest BCUT2D eigenvalue weighted by molar-refractivity contribution is -0.142. The van der Waals surface area contributed by atoms with Crippen LogP contribution in [0.4, 0.5) is 0 Å². The zero-order valence-electron chi connectivity index (χ0n) is 14.7. The zero-order chi connectivity index (χ0) is 19.5. The van der Waals surface area contributed by atoms with Gasteiger partial charge in [-0.1, -0.05) is 28.0 Å². The fraction of sp³-hybridized carbons (Fsp3) is 0.750. The summed E-state index contributed by atoms with van der Waals surface area (Å²) in [5, 5.41) is 23.1. The number of hydrogen-bond acceptors (Lipinski definition) is 6. The molecule has 0 saturated carbocycles. The van der Waals surface area contributed by atoms with Gasteiger partial charge in [-0.15, -0.1) is 0 Å². The lowest BCUT2D eigenvalue weighted by Crippen LogP contribution is -2.50. The minimum absolute atomic E-state index is 0.0881. The molecule has 4 N–H and O–H groups in total. The molecule has 8 nitrogen and oxygen atoms in total. The summed E-state index contributed by atoms with van der Waals surface area (Å²) < 4.78 is 0. The van der Waals surface area contributed by atoms with Crippen molar-refractivity contribution in [3.05, 3.63) is 0 Å². The summed E-state index contributed by atoms with van der Waals surface area (Å²) in [6.07, 6.45) is 3.76. The SMILES string of the molecule is CC(NC(=O)C(CCC(=O)O)NC(=O)CCCCC1CCSS1)C(=O)O. The Morgan fingerprint density at radius 2 is 1.85 bits per heavy atom. The normalized spacial score (nSPS) is 18.7. The Kier molecular flexibility index (Phi) is 10.5. The van der Waals surface area contributed by atoms with Crippen LogP contribution in [0.2, 0.25) is 0 Å². The summed E-state index contributed by atoms with van der Waals surface area (Å²) in [6, 6.07) is -2.17. The van der Waals surface area contributed by atoms with Gasteiger partial charge in [0.15, 0.2) is 0 Å². The zero-order valence-corrected chi connectivity index (χ0v) is 16.4. The van der Waals surface area contributed by atoms with E-state index in [1.165, 1.54) is 19.1 Å². The van der Waals surface area contributed by atoms with Crippen LogP contribution in [0.5, 0.6) is 0 Å². The van der Waals surface area contributed by atoms with Gasteiger partial charge in [0.05, 0.1) is 0 Å². The van der Waals surface area contributed by atoms with Gasteiger partial charge in [-0.25, -0.2) is 0 Å². The van der Waals surface area contributed by atoms with Crippen LogP contribution in [0, 0.1) is 0 Å². The molecule has 0 aromatic carbocycles. The van der Waals surface area contributed by atoms with Crippen molar-refractivity contribution in [2.45, 2.75) is 69.2 Å². The van der Waals surface area contributed by atoms with E-state index in [0.717, 1.165) is 12.8 Å². The van der Waals surface area contributed by atoms with Gasteiger partial charge in [-0.05, 0) is 32.6 Å². The van der Waals surface area contributed by atoms with E-state index in [9.17, 15) is 19.2 Å².